The third-order valence-corrected chi connectivity index (χ3v) is 6.81. The summed E-state index contributed by atoms with van der Waals surface area (Å²) in [5.41, 5.74) is 2.31. The summed E-state index contributed by atoms with van der Waals surface area (Å²) in [6.07, 6.45) is 10.1. The summed E-state index contributed by atoms with van der Waals surface area (Å²) in [6, 6.07) is 16.4. The van der Waals surface area contributed by atoms with Crippen LogP contribution in [0.4, 0.5) is 0 Å². The average molecular weight is 453 g/mol. The molecule has 4 heteroatoms. The number of esters is 1. The number of unbranched alkanes of at least 4 members (excludes halogenated alkanes) is 5. The maximum atomic E-state index is 12.0. The number of carbonyl (C=O) groups is 1. The highest BCUT2D eigenvalue weighted by atomic mass is 16.5. The van der Waals surface area contributed by atoms with Crippen molar-refractivity contribution in [1.29, 1.82) is 0 Å². The van der Waals surface area contributed by atoms with Gasteiger partial charge in [-0.05, 0) is 67.9 Å². The minimum absolute atomic E-state index is 0.0914. The van der Waals surface area contributed by atoms with Crippen molar-refractivity contribution >= 4 is 5.97 Å². The number of benzene rings is 2. The number of carbonyl (C=O) groups excluding carboxylic acids is 1. The predicted octanol–water partition coefficient (Wildman–Crippen LogP) is 7.03. The first-order chi connectivity index (χ1) is 16.1. The lowest BCUT2D eigenvalue weighted by atomic mass is 9.75. The zero-order valence-corrected chi connectivity index (χ0v) is 20.4. The van der Waals surface area contributed by atoms with Crippen LogP contribution >= 0.6 is 0 Å². The van der Waals surface area contributed by atoms with Crippen molar-refractivity contribution in [1.82, 2.24) is 0 Å². The van der Waals surface area contributed by atoms with Crippen molar-refractivity contribution in [2.24, 2.45) is 5.92 Å². The summed E-state index contributed by atoms with van der Waals surface area (Å²) in [6.45, 7) is 5.25. The second-order valence-corrected chi connectivity index (χ2v) is 9.28. The Kier molecular flexibility index (Phi) is 9.80. The van der Waals surface area contributed by atoms with E-state index in [4.69, 9.17) is 9.47 Å². The third-order valence-electron chi connectivity index (χ3n) is 6.81. The van der Waals surface area contributed by atoms with Crippen LogP contribution in [0.2, 0.25) is 0 Å². The molecule has 0 aromatic heterocycles. The molecule has 3 rings (SSSR count). The van der Waals surface area contributed by atoms with Gasteiger partial charge < -0.3 is 14.6 Å². The van der Waals surface area contributed by atoms with Gasteiger partial charge in [-0.2, -0.15) is 0 Å². The zero-order chi connectivity index (χ0) is 23.5. The molecule has 4 nitrogen and oxygen atoms in total. The Labute approximate surface area is 199 Å². The minimum atomic E-state index is -0.865. The molecule has 0 amide bonds. The fourth-order valence-electron chi connectivity index (χ4n) is 4.67. The largest absolute Gasteiger partial charge is 0.494 e. The van der Waals surface area contributed by atoms with Gasteiger partial charge in [0.2, 0.25) is 0 Å². The van der Waals surface area contributed by atoms with E-state index in [-0.39, 0.29) is 11.9 Å². The normalized spacial score (nSPS) is 20.4. The third kappa shape index (κ3) is 7.33. The van der Waals surface area contributed by atoms with E-state index in [0.29, 0.717) is 32.3 Å². The van der Waals surface area contributed by atoms with E-state index in [2.05, 4.69) is 31.2 Å². The standard InChI is InChI=1S/C29H40O4/c1-3-5-6-7-8-9-22-33-27-16-12-24(13-17-27)23-10-14-26(15-11-23)29(31)20-18-25(19-21-29)28(30)32-4-2/h10-17,25,31H,3-9,18-22H2,1-2H3. The maximum absolute atomic E-state index is 12.0. The lowest BCUT2D eigenvalue weighted by Gasteiger charge is -2.35. The Bertz CT molecular complexity index is 833. The summed E-state index contributed by atoms with van der Waals surface area (Å²) < 4.78 is 11.0. The smallest absolute Gasteiger partial charge is 0.308 e. The molecule has 0 aliphatic heterocycles. The first-order valence-corrected chi connectivity index (χ1v) is 12.8. The van der Waals surface area contributed by atoms with E-state index < -0.39 is 5.60 Å². The molecule has 0 spiro atoms. The van der Waals surface area contributed by atoms with Gasteiger partial charge in [-0.1, -0.05) is 75.4 Å². The average Bonchev–Trinajstić information content (AvgIpc) is 2.84. The molecule has 2 aromatic rings. The van der Waals surface area contributed by atoms with Crippen LogP contribution < -0.4 is 4.74 Å². The van der Waals surface area contributed by atoms with Crippen molar-refractivity contribution in [2.45, 2.75) is 83.7 Å². The summed E-state index contributed by atoms with van der Waals surface area (Å²) in [5.74, 6) is 0.692. The van der Waals surface area contributed by atoms with Gasteiger partial charge >= 0.3 is 5.97 Å². The summed E-state index contributed by atoms with van der Waals surface area (Å²) in [4.78, 5) is 12.0. The maximum Gasteiger partial charge on any atom is 0.308 e. The molecule has 1 aliphatic carbocycles. The van der Waals surface area contributed by atoms with Gasteiger partial charge in [0.05, 0.1) is 24.7 Å². The molecule has 0 radical (unpaired) electrons. The van der Waals surface area contributed by atoms with Crippen LogP contribution in [0.15, 0.2) is 48.5 Å². The van der Waals surface area contributed by atoms with Crippen LogP contribution in [-0.2, 0) is 15.1 Å². The Morgan fingerprint density at radius 2 is 1.45 bits per heavy atom. The molecule has 0 unspecified atom stereocenters. The van der Waals surface area contributed by atoms with E-state index in [9.17, 15) is 9.90 Å². The number of rotatable bonds is 12. The summed E-state index contributed by atoms with van der Waals surface area (Å²) in [7, 11) is 0. The molecule has 1 saturated carbocycles. The van der Waals surface area contributed by atoms with Crippen molar-refractivity contribution in [3.63, 3.8) is 0 Å². The Balaban J connectivity index is 1.49. The first kappa shape index (κ1) is 25.3. The molecule has 33 heavy (non-hydrogen) atoms. The molecule has 0 bridgehead atoms. The van der Waals surface area contributed by atoms with Crippen molar-refractivity contribution in [3.8, 4) is 16.9 Å². The van der Waals surface area contributed by atoms with Gasteiger partial charge in [0.15, 0.2) is 0 Å². The van der Waals surface area contributed by atoms with Gasteiger partial charge in [0.25, 0.3) is 0 Å². The number of ether oxygens (including phenoxy) is 2. The molecule has 180 valence electrons. The molecule has 1 aliphatic rings. The van der Waals surface area contributed by atoms with Gasteiger partial charge in [-0.15, -0.1) is 0 Å². The fraction of sp³-hybridized carbons (Fsp3) is 0.552. The second-order valence-electron chi connectivity index (χ2n) is 9.28. The van der Waals surface area contributed by atoms with E-state index in [1.807, 2.05) is 31.2 Å². The monoisotopic (exact) mass is 452 g/mol. The van der Waals surface area contributed by atoms with Crippen LogP contribution in [0, 0.1) is 5.92 Å². The van der Waals surface area contributed by atoms with Crippen molar-refractivity contribution < 1.29 is 19.4 Å². The van der Waals surface area contributed by atoms with Crippen LogP contribution in [0.25, 0.3) is 11.1 Å². The van der Waals surface area contributed by atoms with Crippen LogP contribution in [0.3, 0.4) is 0 Å². The van der Waals surface area contributed by atoms with Gasteiger partial charge in [0, 0.05) is 0 Å². The SMILES string of the molecule is CCCCCCCCOc1ccc(-c2ccc(C3(O)CCC(C(=O)OCC)CC3)cc2)cc1. The van der Waals surface area contributed by atoms with E-state index in [0.717, 1.165) is 35.5 Å². The first-order valence-electron chi connectivity index (χ1n) is 12.8. The predicted molar refractivity (Wildman–Crippen MR) is 133 cm³/mol. The number of hydrogen-bond donors (Lipinski definition) is 1. The topological polar surface area (TPSA) is 55.8 Å². The quantitative estimate of drug-likeness (QED) is 0.277. The van der Waals surface area contributed by atoms with Gasteiger partial charge in [0.1, 0.15) is 5.75 Å². The van der Waals surface area contributed by atoms with Gasteiger partial charge in [-0.25, -0.2) is 0 Å². The highest BCUT2D eigenvalue weighted by Gasteiger charge is 2.37. The number of aliphatic hydroxyl groups is 1. The number of hydrogen-bond acceptors (Lipinski definition) is 4. The molecule has 0 saturated heterocycles. The van der Waals surface area contributed by atoms with Crippen LogP contribution in [-0.4, -0.2) is 24.3 Å². The minimum Gasteiger partial charge on any atom is -0.494 e. The molecule has 1 fully saturated rings. The molecular formula is C29H40O4. The fourth-order valence-corrected chi connectivity index (χ4v) is 4.67. The van der Waals surface area contributed by atoms with Crippen LogP contribution in [0.1, 0.15) is 83.6 Å². The van der Waals surface area contributed by atoms with E-state index in [1.54, 1.807) is 0 Å². The highest BCUT2D eigenvalue weighted by molar-refractivity contribution is 5.72. The van der Waals surface area contributed by atoms with Crippen molar-refractivity contribution in [3.05, 3.63) is 54.1 Å². The van der Waals surface area contributed by atoms with Crippen molar-refractivity contribution in [2.75, 3.05) is 13.2 Å². The molecule has 0 heterocycles. The molecule has 0 atom stereocenters. The van der Waals surface area contributed by atoms with Crippen LogP contribution in [0.5, 0.6) is 5.75 Å². The summed E-state index contributed by atoms with van der Waals surface area (Å²) >= 11 is 0. The van der Waals surface area contributed by atoms with E-state index in [1.165, 1.54) is 32.1 Å². The Morgan fingerprint density at radius 1 is 0.879 bits per heavy atom. The molecule has 1 N–H and O–H groups in total. The molecular weight excluding hydrogens is 412 g/mol. The molecule has 2 aromatic carbocycles. The lowest BCUT2D eigenvalue weighted by Crippen LogP contribution is -2.34. The zero-order valence-electron chi connectivity index (χ0n) is 20.4. The van der Waals surface area contributed by atoms with Gasteiger partial charge in [-0.3, -0.25) is 4.79 Å². The highest BCUT2D eigenvalue weighted by Crippen LogP contribution is 2.40. The Hall–Kier alpha value is -2.33. The van der Waals surface area contributed by atoms with E-state index >= 15 is 0 Å². The summed E-state index contributed by atoms with van der Waals surface area (Å²) in [5, 5.41) is 11.2. The lowest BCUT2D eigenvalue weighted by molar-refractivity contribution is -0.151. The Morgan fingerprint density at radius 3 is 2.06 bits per heavy atom. The second kappa shape index (κ2) is 12.8.